The third-order valence-corrected chi connectivity index (χ3v) is 6.35. The van der Waals surface area contributed by atoms with Crippen LogP contribution in [0.5, 0.6) is 0 Å². The Hall–Kier alpha value is -1.39. The Bertz CT molecular complexity index is 610. The van der Waals surface area contributed by atoms with Crippen LogP contribution in [0.4, 0.5) is 0 Å². The predicted octanol–water partition coefficient (Wildman–Crippen LogP) is 3.44. The van der Waals surface area contributed by atoms with Crippen molar-refractivity contribution in [3.8, 4) is 0 Å². The lowest BCUT2D eigenvalue weighted by molar-refractivity contribution is -0.134. The number of fused-ring (bicyclic) bond motifs is 1. The van der Waals surface area contributed by atoms with Gasteiger partial charge in [0, 0.05) is 13.1 Å². The fraction of sp³-hybridized carbons (Fsp3) is 0.682. The summed E-state index contributed by atoms with van der Waals surface area (Å²) in [7, 11) is 0. The van der Waals surface area contributed by atoms with Gasteiger partial charge in [-0.2, -0.15) is 0 Å². The Labute approximate surface area is 158 Å². The highest BCUT2D eigenvalue weighted by molar-refractivity contribution is 5.79. The molecule has 1 saturated carbocycles. The zero-order chi connectivity index (χ0) is 18.6. The zero-order valence-corrected chi connectivity index (χ0v) is 16.3. The fourth-order valence-corrected chi connectivity index (χ4v) is 4.61. The van der Waals surface area contributed by atoms with E-state index in [2.05, 4.69) is 48.3 Å². The lowest BCUT2D eigenvalue weighted by Crippen LogP contribution is -2.49. The highest BCUT2D eigenvalue weighted by Crippen LogP contribution is 2.36. The minimum Gasteiger partial charge on any atom is -0.389 e. The largest absolute Gasteiger partial charge is 0.389 e. The van der Waals surface area contributed by atoms with Crippen LogP contribution in [-0.2, 0) is 11.2 Å². The number of carbonyl (C=O) groups is 1. The number of nitrogens with one attached hydrogen (secondary N) is 1. The number of nitrogens with zero attached hydrogens (tertiary/aromatic N) is 1. The normalized spacial score (nSPS) is 23.3. The number of benzene rings is 1. The Morgan fingerprint density at radius 2 is 2.04 bits per heavy atom. The highest BCUT2D eigenvalue weighted by atomic mass is 16.3. The number of amides is 1. The predicted molar refractivity (Wildman–Crippen MR) is 105 cm³/mol. The van der Waals surface area contributed by atoms with Crippen LogP contribution in [0, 0.1) is 5.92 Å². The maximum absolute atomic E-state index is 13.0. The molecule has 1 aromatic rings. The van der Waals surface area contributed by atoms with Crippen LogP contribution in [0.25, 0.3) is 0 Å². The van der Waals surface area contributed by atoms with Crippen LogP contribution in [0.2, 0.25) is 0 Å². The molecule has 4 heteroatoms. The second-order valence-electron chi connectivity index (χ2n) is 8.25. The maximum atomic E-state index is 13.0. The summed E-state index contributed by atoms with van der Waals surface area (Å²) in [4.78, 5) is 15.0. The lowest BCUT2D eigenvalue weighted by atomic mass is 9.84. The van der Waals surface area contributed by atoms with Gasteiger partial charge in [-0.1, -0.05) is 63.8 Å². The van der Waals surface area contributed by atoms with Gasteiger partial charge >= 0.3 is 0 Å². The summed E-state index contributed by atoms with van der Waals surface area (Å²) in [6.45, 7) is 6.07. The average Bonchev–Trinajstić information content (AvgIpc) is 2.66. The zero-order valence-electron chi connectivity index (χ0n) is 16.3. The summed E-state index contributed by atoms with van der Waals surface area (Å²) in [5.41, 5.74) is 2.07. The van der Waals surface area contributed by atoms with Crippen LogP contribution in [0.15, 0.2) is 24.3 Å². The van der Waals surface area contributed by atoms with Gasteiger partial charge in [0.05, 0.1) is 18.2 Å². The molecule has 0 bridgehead atoms. The van der Waals surface area contributed by atoms with Crippen LogP contribution < -0.4 is 5.32 Å². The minimum absolute atomic E-state index is 0.157. The molecule has 1 heterocycles. The number of rotatable bonds is 6. The SMILES string of the molecule is CCC(C)C1c2ccccc2CCN1C(=O)CNCC1(O)CCCCC1. The first-order valence-electron chi connectivity index (χ1n) is 10.3. The van der Waals surface area contributed by atoms with Crippen LogP contribution >= 0.6 is 0 Å². The Balaban J connectivity index is 1.64. The van der Waals surface area contributed by atoms with Crippen LogP contribution in [0.3, 0.4) is 0 Å². The molecule has 2 aliphatic rings. The molecule has 1 amide bonds. The third kappa shape index (κ3) is 4.29. The van der Waals surface area contributed by atoms with Crippen molar-refractivity contribution in [2.45, 2.75) is 70.4 Å². The molecule has 4 nitrogen and oxygen atoms in total. The number of aliphatic hydroxyl groups is 1. The van der Waals surface area contributed by atoms with E-state index in [0.29, 0.717) is 19.0 Å². The molecule has 1 aromatic carbocycles. The molecule has 2 unspecified atom stereocenters. The van der Waals surface area contributed by atoms with E-state index in [-0.39, 0.29) is 11.9 Å². The second kappa shape index (κ2) is 8.53. The topological polar surface area (TPSA) is 52.6 Å². The molecule has 0 radical (unpaired) electrons. The Morgan fingerprint density at radius 1 is 1.31 bits per heavy atom. The van der Waals surface area contributed by atoms with Gasteiger partial charge in [-0.3, -0.25) is 4.79 Å². The number of carbonyl (C=O) groups excluding carboxylic acids is 1. The van der Waals surface area contributed by atoms with E-state index in [4.69, 9.17) is 0 Å². The standard InChI is InChI=1S/C22H34N2O2/c1-3-17(2)21-19-10-6-5-9-18(19)11-14-24(21)20(25)15-23-16-22(26)12-7-4-8-13-22/h5-6,9-10,17,21,23,26H,3-4,7-8,11-16H2,1-2H3. The summed E-state index contributed by atoms with van der Waals surface area (Å²) < 4.78 is 0. The number of hydrogen-bond acceptors (Lipinski definition) is 3. The van der Waals surface area contributed by atoms with Gasteiger partial charge in [-0.15, -0.1) is 0 Å². The molecule has 0 saturated heterocycles. The van der Waals surface area contributed by atoms with Crippen molar-refractivity contribution < 1.29 is 9.90 Å². The van der Waals surface area contributed by atoms with E-state index in [1.165, 1.54) is 17.5 Å². The van der Waals surface area contributed by atoms with Crippen molar-refractivity contribution >= 4 is 5.91 Å². The molecule has 26 heavy (non-hydrogen) atoms. The molecule has 2 atom stereocenters. The maximum Gasteiger partial charge on any atom is 0.237 e. The van der Waals surface area contributed by atoms with Gasteiger partial charge < -0.3 is 15.3 Å². The first kappa shape index (κ1) is 19.4. The van der Waals surface area contributed by atoms with Crippen molar-refractivity contribution in [1.82, 2.24) is 10.2 Å². The van der Waals surface area contributed by atoms with Gasteiger partial charge in [-0.25, -0.2) is 0 Å². The van der Waals surface area contributed by atoms with Gasteiger partial charge in [0.15, 0.2) is 0 Å². The fourth-order valence-electron chi connectivity index (χ4n) is 4.61. The van der Waals surface area contributed by atoms with Crippen molar-refractivity contribution in [3.63, 3.8) is 0 Å². The summed E-state index contributed by atoms with van der Waals surface area (Å²) in [5, 5.41) is 13.9. The van der Waals surface area contributed by atoms with Crippen molar-refractivity contribution in [3.05, 3.63) is 35.4 Å². The van der Waals surface area contributed by atoms with Gasteiger partial charge in [0.2, 0.25) is 5.91 Å². The molecule has 1 aliphatic carbocycles. The van der Waals surface area contributed by atoms with Gasteiger partial charge in [0.1, 0.15) is 0 Å². The molecule has 1 fully saturated rings. The van der Waals surface area contributed by atoms with E-state index < -0.39 is 5.60 Å². The summed E-state index contributed by atoms with van der Waals surface area (Å²) in [6, 6.07) is 8.72. The average molecular weight is 359 g/mol. The van der Waals surface area contributed by atoms with E-state index in [1.807, 2.05) is 0 Å². The summed E-state index contributed by atoms with van der Waals surface area (Å²) in [6.07, 6.45) is 7.07. The van der Waals surface area contributed by atoms with Crippen molar-refractivity contribution in [2.75, 3.05) is 19.6 Å². The Morgan fingerprint density at radius 3 is 2.77 bits per heavy atom. The Kier molecular flexibility index (Phi) is 6.36. The van der Waals surface area contributed by atoms with E-state index >= 15 is 0 Å². The monoisotopic (exact) mass is 358 g/mol. The smallest absolute Gasteiger partial charge is 0.237 e. The molecule has 0 aromatic heterocycles. The summed E-state index contributed by atoms with van der Waals surface area (Å²) >= 11 is 0. The molecule has 0 spiro atoms. The van der Waals surface area contributed by atoms with Crippen molar-refractivity contribution in [2.24, 2.45) is 5.92 Å². The first-order valence-corrected chi connectivity index (χ1v) is 10.3. The molecule has 144 valence electrons. The van der Waals surface area contributed by atoms with Gasteiger partial charge in [0.25, 0.3) is 0 Å². The van der Waals surface area contributed by atoms with Gasteiger partial charge in [-0.05, 0) is 36.3 Å². The van der Waals surface area contributed by atoms with Crippen LogP contribution in [-0.4, -0.2) is 41.1 Å². The number of hydrogen-bond donors (Lipinski definition) is 2. The molecule has 1 aliphatic heterocycles. The quantitative estimate of drug-likeness (QED) is 0.819. The highest BCUT2D eigenvalue weighted by Gasteiger charge is 2.34. The summed E-state index contributed by atoms with van der Waals surface area (Å²) in [5.74, 6) is 0.590. The third-order valence-electron chi connectivity index (χ3n) is 6.35. The first-order chi connectivity index (χ1) is 12.5. The van der Waals surface area contributed by atoms with E-state index in [1.54, 1.807) is 0 Å². The second-order valence-corrected chi connectivity index (χ2v) is 8.25. The molecule has 2 N–H and O–H groups in total. The molecular weight excluding hydrogens is 324 g/mol. The lowest BCUT2D eigenvalue weighted by Gasteiger charge is -2.41. The molecule has 3 rings (SSSR count). The van der Waals surface area contributed by atoms with E-state index in [9.17, 15) is 9.90 Å². The van der Waals surface area contributed by atoms with Crippen molar-refractivity contribution in [1.29, 1.82) is 0 Å². The molecular formula is C22H34N2O2. The minimum atomic E-state index is -0.622. The van der Waals surface area contributed by atoms with Crippen LogP contribution in [0.1, 0.15) is 69.5 Å². The van der Waals surface area contributed by atoms with E-state index in [0.717, 1.165) is 45.1 Å².